The van der Waals surface area contributed by atoms with Crippen molar-refractivity contribution >= 4 is 11.7 Å². The summed E-state index contributed by atoms with van der Waals surface area (Å²) in [5, 5.41) is 0. The van der Waals surface area contributed by atoms with Gasteiger partial charge in [-0.25, -0.2) is 4.98 Å². The van der Waals surface area contributed by atoms with E-state index in [-0.39, 0.29) is 11.8 Å². The molecule has 2 N–H and O–H groups in total. The zero-order valence-corrected chi connectivity index (χ0v) is 9.22. The van der Waals surface area contributed by atoms with Crippen molar-refractivity contribution in [3.63, 3.8) is 0 Å². The lowest BCUT2D eigenvalue weighted by Crippen LogP contribution is -2.27. The summed E-state index contributed by atoms with van der Waals surface area (Å²) in [6.07, 6.45) is 2.15. The molecule has 1 aromatic rings. The van der Waals surface area contributed by atoms with Crippen molar-refractivity contribution in [2.45, 2.75) is 6.42 Å². The highest BCUT2D eigenvalue weighted by molar-refractivity contribution is 5.96. The lowest BCUT2D eigenvalue weighted by atomic mass is 10.1. The van der Waals surface area contributed by atoms with E-state index in [0.29, 0.717) is 31.1 Å². The molecule has 1 amide bonds. The van der Waals surface area contributed by atoms with Gasteiger partial charge in [-0.05, 0) is 24.6 Å². The molecule has 0 bridgehead atoms. The normalized spacial score (nSPS) is 20.2. The van der Waals surface area contributed by atoms with Crippen LogP contribution in [0, 0.1) is 5.92 Å². The molecule has 5 heteroatoms. The highest BCUT2D eigenvalue weighted by Gasteiger charge is 2.31. The second kappa shape index (κ2) is 4.49. The van der Waals surface area contributed by atoms with E-state index in [2.05, 4.69) is 4.98 Å². The van der Waals surface area contributed by atoms with Gasteiger partial charge < -0.3 is 10.5 Å². The molecule has 0 saturated carbocycles. The van der Waals surface area contributed by atoms with Gasteiger partial charge in [-0.15, -0.1) is 0 Å². The van der Waals surface area contributed by atoms with Gasteiger partial charge in [0.05, 0.1) is 7.11 Å². The SMILES string of the molecule is COc1cccnc1N1CC(CN)CC1=O. The Bertz CT molecular complexity index is 395. The number of amides is 1. The molecule has 1 fully saturated rings. The van der Waals surface area contributed by atoms with Crippen LogP contribution in [0.2, 0.25) is 0 Å². The second-order valence-electron chi connectivity index (χ2n) is 3.84. The first-order valence-electron chi connectivity index (χ1n) is 5.25. The van der Waals surface area contributed by atoms with Gasteiger partial charge >= 0.3 is 0 Å². The summed E-state index contributed by atoms with van der Waals surface area (Å²) in [5.41, 5.74) is 5.58. The predicted molar refractivity (Wildman–Crippen MR) is 60.3 cm³/mol. The van der Waals surface area contributed by atoms with E-state index >= 15 is 0 Å². The van der Waals surface area contributed by atoms with Crippen molar-refractivity contribution in [1.29, 1.82) is 0 Å². The topological polar surface area (TPSA) is 68.4 Å². The molecule has 2 rings (SSSR count). The lowest BCUT2D eigenvalue weighted by molar-refractivity contribution is -0.117. The van der Waals surface area contributed by atoms with Gasteiger partial charge in [-0.3, -0.25) is 9.69 Å². The summed E-state index contributed by atoms with van der Waals surface area (Å²) in [6, 6.07) is 3.58. The number of aromatic nitrogens is 1. The maximum absolute atomic E-state index is 11.8. The molecule has 0 radical (unpaired) electrons. The molecular formula is C11H15N3O2. The minimum absolute atomic E-state index is 0.0625. The third-order valence-electron chi connectivity index (χ3n) is 2.76. The molecule has 1 saturated heterocycles. The maximum Gasteiger partial charge on any atom is 0.228 e. The number of methoxy groups -OCH3 is 1. The maximum atomic E-state index is 11.8. The summed E-state index contributed by atoms with van der Waals surface area (Å²) >= 11 is 0. The smallest absolute Gasteiger partial charge is 0.228 e. The Hall–Kier alpha value is -1.62. The molecular weight excluding hydrogens is 206 g/mol. The average Bonchev–Trinajstić information content (AvgIpc) is 2.70. The van der Waals surface area contributed by atoms with Crippen LogP contribution in [0.25, 0.3) is 0 Å². The van der Waals surface area contributed by atoms with Gasteiger partial charge in [-0.1, -0.05) is 0 Å². The fraction of sp³-hybridized carbons (Fsp3) is 0.455. The van der Waals surface area contributed by atoms with E-state index in [9.17, 15) is 4.79 Å². The summed E-state index contributed by atoms with van der Waals surface area (Å²) in [4.78, 5) is 17.6. The molecule has 1 aliphatic heterocycles. The minimum Gasteiger partial charge on any atom is -0.493 e. The number of hydrogen-bond acceptors (Lipinski definition) is 4. The van der Waals surface area contributed by atoms with E-state index in [1.807, 2.05) is 0 Å². The highest BCUT2D eigenvalue weighted by atomic mass is 16.5. The minimum atomic E-state index is 0.0625. The summed E-state index contributed by atoms with van der Waals surface area (Å²) in [7, 11) is 1.57. The van der Waals surface area contributed by atoms with Crippen LogP contribution in [0.1, 0.15) is 6.42 Å². The zero-order chi connectivity index (χ0) is 11.5. The Labute approximate surface area is 94.2 Å². The standard InChI is InChI=1S/C11H15N3O2/c1-16-9-3-2-4-13-11(9)14-7-8(6-12)5-10(14)15/h2-4,8H,5-7,12H2,1H3. The van der Waals surface area contributed by atoms with Crippen LogP contribution < -0.4 is 15.4 Å². The first-order valence-corrected chi connectivity index (χ1v) is 5.25. The first kappa shape index (κ1) is 10.9. The molecule has 1 unspecified atom stereocenters. The fourth-order valence-corrected chi connectivity index (χ4v) is 1.89. The zero-order valence-electron chi connectivity index (χ0n) is 9.22. The van der Waals surface area contributed by atoms with Gasteiger partial charge in [0.2, 0.25) is 5.91 Å². The number of hydrogen-bond donors (Lipinski definition) is 1. The van der Waals surface area contributed by atoms with Gasteiger partial charge in [0.1, 0.15) is 0 Å². The summed E-state index contributed by atoms with van der Waals surface area (Å²) in [5.74, 6) is 1.49. The molecule has 1 aromatic heterocycles. The van der Waals surface area contributed by atoms with Gasteiger partial charge in [-0.2, -0.15) is 0 Å². The number of rotatable bonds is 3. The number of ether oxygens (including phenoxy) is 1. The molecule has 0 spiro atoms. The number of nitrogens with two attached hydrogens (primary N) is 1. The van der Waals surface area contributed by atoms with Crippen molar-refractivity contribution in [2.24, 2.45) is 11.7 Å². The van der Waals surface area contributed by atoms with Crippen molar-refractivity contribution in [3.05, 3.63) is 18.3 Å². The van der Waals surface area contributed by atoms with E-state index in [1.165, 1.54) is 0 Å². The highest BCUT2D eigenvalue weighted by Crippen LogP contribution is 2.30. The number of anilines is 1. The molecule has 1 atom stereocenters. The quantitative estimate of drug-likeness (QED) is 0.802. The third kappa shape index (κ3) is 1.86. The van der Waals surface area contributed by atoms with E-state index in [0.717, 1.165) is 0 Å². The second-order valence-corrected chi connectivity index (χ2v) is 3.84. The molecule has 0 aromatic carbocycles. The first-order chi connectivity index (χ1) is 7.76. The van der Waals surface area contributed by atoms with Crippen molar-refractivity contribution in [2.75, 3.05) is 25.1 Å². The van der Waals surface area contributed by atoms with Crippen molar-refractivity contribution in [1.82, 2.24) is 4.98 Å². The number of nitrogens with zero attached hydrogens (tertiary/aromatic N) is 2. The van der Waals surface area contributed by atoms with Crippen molar-refractivity contribution in [3.8, 4) is 5.75 Å². The van der Waals surface area contributed by atoms with E-state index in [1.54, 1.807) is 30.3 Å². The van der Waals surface area contributed by atoms with E-state index < -0.39 is 0 Å². The van der Waals surface area contributed by atoms with Crippen LogP contribution >= 0.6 is 0 Å². The Morgan fingerprint density at radius 2 is 2.50 bits per heavy atom. The summed E-state index contributed by atoms with van der Waals surface area (Å²) in [6.45, 7) is 1.15. The number of pyridine rings is 1. The molecule has 1 aliphatic rings. The van der Waals surface area contributed by atoms with Crippen LogP contribution in [0.4, 0.5) is 5.82 Å². The Kier molecular flexibility index (Phi) is 3.05. The number of carbonyl (C=O) groups is 1. The Morgan fingerprint density at radius 1 is 1.69 bits per heavy atom. The molecule has 86 valence electrons. The Morgan fingerprint density at radius 3 is 3.12 bits per heavy atom. The lowest BCUT2D eigenvalue weighted by Gasteiger charge is -2.17. The van der Waals surface area contributed by atoms with Crippen LogP contribution in [0.15, 0.2) is 18.3 Å². The van der Waals surface area contributed by atoms with Crippen LogP contribution in [-0.4, -0.2) is 31.1 Å². The molecule has 0 aliphatic carbocycles. The monoisotopic (exact) mass is 221 g/mol. The number of carbonyl (C=O) groups excluding carboxylic acids is 1. The van der Waals surface area contributed by atoms with E-state index in [4.69, 9.17) is 10.5 Å². The predicted octanol–water partition coefficient (Wildman–Crippen LogP) is 0.402. The van der Waals surface area contributed by atoms with Crippen LogP contribution in [0.3, 0.4) is 0 Å². The molecule has 5 nitrogen and oxygen atoms in total. The van der Waals surface area contributed by atoms with Gasteiger partial charge in [0.25, 0.3) is 0 Å². The Balaban J connectivity index is 2.27. The molecule has 2 heterocycles. The molecule has 16 heavy (non-hydrogen) atoms. The largest absolute Gasteiger partial charge is 0.493 e. The van der Waals surface area contributed by atoms with Crippen LogP contribution in [-0.2, 0) is 4.79 Å². The van der Waals surface area contributed by atoms with Crippen molar-refractivity contribution < 1.29 is 9.53 Å². The average molecular weight is 221 g/mol. The van der Waals surface area contributed by atoms with Gasteiger partial charge in [0, 0.05) is 19.2 Å². The summed E-state index contributed by atoms with van der Waals surface area (Å²) < 4.78 is 5.19. The van der Waals surface area contributed by atoms with Gasteiger partial charge in [0.15, 0.2) is 11.6 Å². The van der Waals surface area contributed by atoms with Crippen LogP contribution in [0.5, 0.6) is 5.75 Å². The third-order valence-corrected chi connectivity index (χ3v) is 2.76. The fourth-order valence-electron chi connectivity index (χ4n) is 1.89.